The molecule has 0 atom stereocenters. The van der Waals surface area contributed by atoms with E-state index < -0.39 is 0 Å². The summed E-state index contributed by atoms with van der Waals surface area (Å²) >= 11 is 0. The van der Waals surface area contributed by atoms with Crippen LogP contribution in [0.25, 0.3) is 11.0 Å². The summed E-state index contributed by atoms with van der Waals surface area (Å²) in [6.45, 7) is 5.05. The standard InChI is InChI=1S/C16H24N6O/c1-20-15-13(10-17-20)16(23)19-14(18-15)11-21-6-8-22(9-7-21)12-4-2-3-5-12/h10,12H,2-9,11H2,1H3,(H,18,19,23). The molecule has 124 valence electrons. The molecule has 0 amide bonds. The van der Waals surface area contributed by atoms with Crippen LogP contribution in [-0.4, -0.2) is 61.8 Å². The number of H-pyrrole nitrogens is 1. The predicted octanol–water partition coefficient (Wildman–Crippen LogP) is 0.717. The quantitative estimate of drug-likeness (QED) is 0.903. The molecule has 7 nitrogen and oxygen atoms in total. The summed E-state index contributed by atoms with van der Waals surface area (Å²) in [6.07, 6.45) is 7.09. The summed E-state index contributed by atoms with van der Waals surface area (Å²) in [5.74, 6) is 0.736. The van der Waals surface area contributed by atoms with E-state index in [0.717, 1.165) is 38.0 Å². The maximum atomic E-state index is 12.1. The van der Waals surface area contributed by atoms with Crippen LogP contribution < -0.4 is 5.56 Å². The average Bonchev–Trinajstić information content (AvgIpc) is 3.19. The highest BCUT2D eigenvalue weighted by Crippen LogP contribution is 2.24. The lowest BCUT2D eigenvalue weighted by atomic mass is 10.2. The van der Waals surface area contributed by atoms with E-state index in [4.69, 9.17) is 0 Å². The average molecular weight is 316 g/mol. The van der Waals surface area contributed by atoms with Gasteiger partial charge < -0.3 is 4.98 Å². The SMILES string of the molecule is Cn1ncc2c(=O)[nH]c(CN3CCN(C4CCCC4)CC3)nc21. The van der Waals surface area contributed by atoms with E-state index in [2.05, 4.69) is 24.9 Å². The smallest absolute Gasteiger partial charge is 0.262 e. The topological polar surface area (TPSA) is 70.1 Å². The van der Waals surface area contributed by atoms with Crippen LogP contribution in [0, 0.1) is 0 Å². The van der Waals surface area contributed by atoms with Crippen LogP contribution in [-0.2, 0) is 13.6 Å². The number of piperazine rings is 1. The van der Waals surface area contributed by atoms with Crippen LogP contribution in [0.2, 0.25) is 0 Å². The number of nitrogens with one attached hydrogen (secondary N) is 1. The number of nitrogens with zero attached hydrogens (tertiary/aromatic N) is 5. The molecule has 0 unspecified atom stereocenters. The van der Waals surface area contributed by atoms with Gasteiger partial charge in [0.1, 0.15) is 11.2 Å². The lowest BCUT2D eigenvalue weighted by molar-refractivity contribution is 0.0921. The van der Waals surface area contributed by atoms with Gasteiger partial charge in [0.15, 0.2) is 5.65 Å². The van der Waals surface area contributed by atoms with Gasteiger partial charge in [-0.15, -0.1) is 0 Å². The Balaban J connectivity index is 1.43. The molecule has 0 spiro atoms. The Hall–Kier alpha value is -1.73. The van der Waals surface area contributed by atoms with E-state index in [1.54, 1.807) is 10.9 Å². The van der Waals surface area contributed by atoms with Crippen LogP contribution in [0.15, 0.2) is 11.0 Å². The van der Waals surface area contributed by atoms with Crippen LogP contribution >= 0.6 is 0 Å². The Morgan fingerprint density at radius 2 is 1.96 bits per heavy atom. The summed E-state index contributed by atoms with van der Waals surface area (Å²) in [4.78, 5) is 24.6. The molecule has 1 saturated heterocycles. The Bertz CT molecular complexity index is 737. The lowest BCUT2D eigenvalue weighted by Crippen LogP contribution is -2.49. The van der Waals surface area contributed by atoms with Crippen molar-refractivity contribution in [2.24, 2.45) is 7.05 Å². The van der Waals surface area contributed by atoms with Crippen molar-refractivity contribution in [1.82, 2.24) is 29.5 Å². The van der Waals surface area contributed by atoms with Gasteiger partial charge in [0, 0.05) is 39.3 Å². The number of rotatable bonds is 3. The van der Waals surface area contributed by atoms with E-state index in [-0.39, 0.29) is 5.56 Å². The fourth-order valence-electron chi connectivity index (χ4n) is 3.92. The molecule has 0 bridgehead atoms. The summed E-state index contributed by atoms with van der Waals surface area (Å²) in [7, 11) is 1.82. The van der Waals surface area contributed by atoms with Crippen molar-refractivity contribution in [2.75, 3.05) is 26.2 Å². The van der Waals surface area contributed by atoms with Crippen LogP contribution in [0.5, 0.6) is 0 Å². The zero-order chi connectivity index (χ0) is 15.8. The highest BCUT2D eigenvalue weighted by atomic mass is 16.1. The summed E-state index contributed by atoms with van der Waals surface area (Å²) in [6, 6.07) is 0.806. The van der Waals surface area contributed by atoms with E-state index in [1.165, 1.54) is 25.7 Å². The first-order valence-corrected chi connectivity index (χ1v) is 8.58. The molecule has 2 aromatic rings. The first-order chi connectivity index (χ1) is 11.2. The molecule has 1 saturated carbocycles. The Kier molecular flexibility index (Phi) is 3.90. The molecular weight excluding hydrogens is 292 g/mol. The molecule has 1 N–H and O–H groups in total. The number of aryl methyl sites for hydroxylation is 1. The molecule has 0 aromatic carbocycles. The van der Waals surface area contributed by atoms with Gasteiger partial charge >= 0.3 is 0 Å². The van der Waals surface area contributed by atoms with E-state index in [9.17, 15) is 4.79 Å². The minimum absolute atomic E-state index is 0.0947. The van der Waals surface area contributed by atoms with Gasteiger partial charge in [0.2, 0.25) is 0 Å². The Labute approximate surface area is 135 Å². The van der Waals surface area contributed by atoms with Gasteiger partial charge in [0.05, 0.1) is 12.7 Å². The first kappa shape index (κ1) is 14.8. The number of hydrogen-bond donors (Lipinski definition) is 1. The molecule has 1 aliphatic carbocycles. The number of aromatic nitrogens is 4. The minimum atomic E-state index is -0.0947. The summed E-state index contributed by atoms with van der Waals surface area (Å²) in [5.41, 5.74) is 0.566. The van der Waals surface area contributed by atoms with Crippen molar-refractivity contribution in [3.63, 3.8) is 0 Å². The van der Waals surface area contributed by atoms with E-state index in [1.807, 2.05) is 7.05 Å². The van der Waals surface area contributed by atoms with Gasteiger partial charge in [-0.25, -0.2) is 4.98 Å². The van der Waals surface area contributed by atoms with Crippen molar-refractivity contribution in [1.29, 1.82) is 0 Å². The van der Waals surface area contributed by atoms with Crippen LogP contribution in [0.4, 0.5) is 0 Å². The molecule has 2 fully saturated rings. The number of fused-ring (bicyclic) bond motifs is 1. The van der Waals surface area contributed by atoms with Crippen molar-refractivity contribution in [3.8, 4) is 0 Å². The highest BCUT2D eigenvalue weighted by Gasteiger charge is 2.26. The van der Waals surface area contributed by atoms with Crippen molar-refractivity contribution in [2.45, 2.75) is 38.3 Å². The van der Waals surface area contributed by atoms with Crippen LogP contribution in [0.3, 0.4) is 0 Å². The normalized spacial score (nSPS) is 21.4. The van der Waals surface area contributed by atoms with Gasteiger partial charge in [-0.2, -0.15) is 5.10 Å². The second kappa shape index (κ2) is 6.05. The monoisotopic (exact) mass is 316 g/mol. The molecule has 1 aliphatic heterocycles. The molecule has 3 heterocycles. The van der Waals surface area contributed by atoms with Gasteiger partial charge in [-0.3, -0.25) is 19.3 Å². The Morgan fingerprint density at radius 3 is 2.70 bits per heavy atom. The first-order valence-electron chi connectivity index (χ1n) is 8.58. The van der Waals surface area contributed by atoms with Crippen molar-refractivity contribution >= 4 is 11.0 Å². The highest BCUT2D eigenvalue weighted by molar-refractivity contribution is 5.72. The number of hydrogen-bond acceptors (Lipinski definition) is 5. The predicted molar refractivity (Wildman–Crippen MR) is 88.2 cm³/mol. The molecule has 7 heteroatoms. The third-order valence-electron chi connectivity index (χ3n) is 5.27. The summed E-state index contributed by atoms with van der Waals surface area (Å²) < 4.78 is 1.66. The third kappa shape index (κ3) is 2.90. The third-order valence-corrected chi connectivity index (χ3v) is 5.27. The maximum Gasteiger partial charge on any atom is 0.262 e. The second-order valence-corrected chi connectivity index (χ2v) is 6.77. The van der Waals surface area contributed by atoms with Crippen molar-refractivity contribution in [3.05, 3.63) is 22.4 Å². The molecule has 2 aliphatic rings. The summed E-state index contributed by atoms with van der Waals surface area (Å²) in [5, 5.41) is 4.67. The van der Waals surface area contributed by atoms with E-state index in [0.29, 0.717) is 17.6 Å². The Morgan fingerprint density at radius 1 is 1.22 bits per heavy atom. The van der Waals surface area contributed by atoms with Crippen LogP contribution in [0.1, 0.15) is 31.5 Å². The maximum absolute atomic E-state index is 12.1. The zero-order valence-electron chi connectivity index (χ0n) is 13.7. The molecule has 0 radical (unpaired) electrons. The lowest BCUT2D eigenvalue weighted by Gasteiger charge is -2.37. The number of aromatic amines is 1. The van der Waals surface area contributed by atoms with Gasteiger partial charge in [-0.1, -0.05) is 12.8 Å². The minimum Gasteiger partial charge on any atom is -0.309 e. The molecular formula is C16H24N6O. The molecule has 23 heavy (non-hydrogen) atoms. The zero-order valence-corrected chi connectivity index (χ0v) is 13.7. The fourth-order valence-corrected chi connectivity index (χ4v) is 3.92. The second-order valence-electron chi connectivity index (χ2n) is 6.77. The van der Waals surface area contributed by atoms with Gasteiger partial charge in [-0.05, 0) is 12.8 Å². The van der Waals surface area contributed by atoms with E-state index >= 15 is 0 Å². The fraction of sp³-hybridized carbons (Fsp3) is 0.688. The molecule has 4 rings (SSSR count). The molecule has 2 aromatic heterocycles. The van der Waals surface area contributed by atoms with Crippen molar-refractivity contribution < 1.29 is 0 Å². The van der Waals surface area contributed by atoms with Gasteiger partial charge in [0.25, 0.3) is 5.56 Å². The largest absolute Gasteiger partial charge is 0.309 e.